The molecule has 0 aromatic heterocycles. The summed E-state index contributed by atoms with van der Waals surface area (Å²) in [5.74, 6) is 5.82. The molecule has 2 nitrogen and oxygen atoms in total. The first kappa shape index (κ1) is 13.5. The van der Waals surface area contributed by atoms with Crippen LogP contribution in [0.3, 0.4) is 0 Å². The lowest BCUT2D eigenvalue weighted by Crippen LogP contribution is -1.93. The van der Waals surface area contributed by atoms with Crippen LogP contribution in [0.4, 0.5) is 0 Å². The normalized spacial score (nSPS) is 11.5. The molecule has 0 saturated carbocycles. The Bertz CT molecular complexity index is 609. The summed E-state index contributed by atoms with van der Waals surface area (Å²) in [5.41, 5.74) is 1.45. The van der Waals surface area contributed by atoms with Crippen LogP contribution in [0.1, 0.15) is 17.2 Å². The monoisotopic (exact) mass is 270 g/mol. The average Bonchev–Trinajstić information content (AvgIpc) is 2.45. The third-order valence-corrected chi connectivity index (χ3v) is 3.37. The molecule has 0 radical (unpaired) electrons. The molecule has 0 heterocycles. The maximum atomic E-state index is 9.92. The predicted octanol–water partition coefficient (Wildman–Crippen LogP) is 3.20. The quantitative estimate of drug-likeness (QED) is 0.650. The maximum absolute atomic E-state index is 9.92. The molecule has 0 spiro atoms. The Morgan fingerprint density at radius 2 is 1.84 bits per heavy atom. The summed E-state index contributed by atoms with van der Waals surface area (Å²) in [4.78, 5) is 1.18. The minimum Gasteiger partial charge on any atom is -0.508 e. The van der Waals surface area contributed by atoms with Gasteiger partial charge in [0.15, 0.2) is 0 Å². The second kappa shape index (κ2) is 6.33. The Morgan fingerprint density at radius 3 is 2.47 bits per heavy atom. The smallest absolute Gasteiger partial charge is 0.140 e. The van der Waals surface area contributed by atoms with E-state index >= 15 is 0 Å². The van der Waals surface area contributed by atoms with Crippen molar-refractivity contribution in [1.29, 1.82) is 0 Å². The fraction of sp³-hybridized carbons (Fsp3) is 0.125. The van der Waals surface area contributed by atoms with Gasteiger partial charge in [-0.1, -0.05) is 24.0 Å². The predicted molar refractivity (Wildman–Crippen MR) is 78.2 cm³/mol. The van der Waals surface area contributed by atoms with Crippen LogP contribution in [0.15, 0.2) is 53.4 Å². The lowest BCUT2D eigenvalue weighted by Gasteiger charge is -2.03. The number of phenolic OH excluding ortho intramolecular Hbond substituents is 1. The van der Waals surface area contributed by atoms with Gasteiger partial charge in [-0.05, 0) is 48.2 Å². The van der Waals surface area contributed by atoms with Crippen LogP contribution in [0.2, 0.25) is 0 Å². The number of aliphatic hydroxyl groups excluding tert-OH is 1. The van der Waals surface area contributed by atoms with E-state index in [1.54, 1.807) is 30.0 Å². The van der Waals surface area contributed by atoms with Gasteiger partial charge in [0.25, 0.3) is 0 Å². The molecule has 0 aliphatic rings. The molecule has 19 heavy (non-hydrogen) atoms. The average molecular weight is 270 g/mol. The van der Waals surface area contributed by atoms with Crippen molar-refractivity contribution in [2.45, 2.75) is 11.0 Å². The first-order chi connectivity index (χ1) is 9.19. The molecule has 2 rings (SSSR count). The number of aliphatic hydroxyl groups is 1. The molecule has 3 heteroatoms. The highest BCUT2D eigenvalue weighted by Crippen LogP contribution is 2.18. The van der Waals surface area contributed by atoms with Crippen LogP contribution in [0.25, 0.3) is 0 Å². The van der Waals surface area contributed by atoms with Crippen LogP contribution >= 0.6 is 11.8 Å². The zero-order valence-corrected chi connectivity index (χ0v) is 11.3. The van der Waals surface area contributed by atoms with Crippen LogP contribution in [0, 0.1) is 11.8 Å². The highest BCUT2D eigenvalue weighted by Gasteiger charge is 2.03. The van der Waals surface area contributed by atoms with Crippen molar-refractivity contribution in [3.63, 3.8) is 0 Å². The van der Waals surface area contributed by atoms with Crippen molar-refractivity contribution >= 4 is 11.8 Å². The van der Waals surface area contributed by atoms with Crippen LogP contribution in [0.5, 0.6) is 5.75 Å². The van der Waals surface area contributed by atoms with Gasteiger partial charge in [0.2, 0.25) is 0 Å². The van der Waals surface area contributed by atoms with Gasteiger partial charge in [-0.3, -0.25) is 0 Å². The van der Waals surface area contributed by atoms with Gasteiger partial charge in [-0.25, -0.2) is 0 Å². The Balaban J connectivity index is 2.14. The minimum atomic E-state index is -0.896. The summed E-state index contributed by atoms with van der Waals surface area (Å²) >= 11 is 1.68. The molecular weight excluding hydrogens is 256 g/mol. The van der Waals surface area contributed by atoms with E-state index in [0.29, 0.717) is 5.56 Å². The molecule has 1 atom stereocenters. The molecule has 0 unspecified atom stereocenters. The first-order valence-corrected chi connectivity index (χ1v) is 7.04. The zero-order chi connectivity index (χ0) is 13.7. The second-order valence-corrected chi connectivity index (χ2v) is 4.88. The molecule has 2 aromatic rings. The van der Waals surface area contributed by atoms with Crippen molar-refractivity contribution in [1.82, 2.24) is 0 Å². The molecule has 0 aliphatic heterocycles. The highest BCUT2D eigenvalue weighted by molar-refractivity contribution is 7.98. The Hall–Kier alpha value is -1.89. The van der Waals surface area contributed by atoms with Gasteiger partial charge < -0.3 is 10.2 Å². The van der Waals surface area contributed by atoms with Gasteiger partial charge in [-0.15, -0.1) is 11.8 Å². The van der Waals surface area contributed by atoms with Gasteiger partial charge >= 0.3 is 0 Å². The number of hydrogen-bond donors (Lipinski definition) is 2. The van der Waals surface area contributed by atoms with E-state index < -0.39 is 6.10 Å². The van der Waals surface area contributed by atoms with Crippen LogP contribution in [-0.2, 0) is 0 Å². The molecule has 2 aromatic carbocycles. The zero-order valence-electron chi connectivity index (χ0n) is 10.5. The Morgan fingerprint density at radius 1 is 1.11 bits per heavy atom. The van der Waals surface area contributed by atoms with E-state index in [1.165, 1.54) is 11.0 Å². The third kappa shape index (κ3) is 3.78. The molecule has 0 aliphatic carbocycles. The number of benzene rings is 2. The van der Waals surface area contributed by atoms with Crippen molar-refractivity contribution in [2.24, 2.45) is 0 Å². The van der Waals surface area contributed by atoms with Gasteiger partial charge in [0.05, 0.1) is 0 Å². The summed E-state index contributed by atoms with van der Waals surface area (Å²) in [6.07, 6.45) is 1.12. The molecule has 96 valence electrons. The molecule has 0 saturated heterocycles. The van der Waals surface area contributed by atoms with E-state index in [4.69, 9.17) is 0 Å². The summed E-state index contributed by atoms with van der Waals surface area (Å²) in [6, 6.07) is 14.3. The van der Waals surface area contributed by atoms with Gasteiger partial charge in [-0.2, -0.15) is 0 Å². The fourth-order valence-electron chi connectivity index (χ4n) is 1.60. The van der Waals surface area contributed by atoms with Gasteiger partial charge in [0.1, 0.15) is 11.9 Å². The fourth-order valence-corrected chi connectivity index (χ4v) is 2.01. The topological polar surface area (TPSA) is 40.5 Å². The van der Waals surface area contributed by atoms with E-state index in [2.05, 4.69) is 11.8 Å². The van der Waals surface area contributed by atoms with E-state index in [1.807, 2.05) is 30.5 Å². The van der Waals surface area contributed by atoms with E-state index in [-0.39, 0.29) is 5.75 Å². The summed E-state index contributed by atoms with van der Waals surface area (Å²) in [5, 5.41) is 19.3. The van der Waals surface area contributed by atoms with Crippen LogP contribution < -0.4 is 0 Å². The van der Waals surface area contributed by atoms with Gasteiger partial charge in [0, 0.05) is 10.5 Å². The summed E-state index contributed by atoms with van der Waals surface area (Å²) in [6.45, 7) is 0. The van der Waals surface area contributed by atoms with E-state index in [0.717, 1.165) is 5.56 Å². The number of thioether (sulfide) groups is 1. The molecule has 0 bridgehead atoms. The number of rotatable bonds is 2. The second-order valence-electron chi connectivity index (χ2n) is 4.00. The lowest BCUT2D eigenvalue weighted by atomic mass is 10.1. The summed E-state index contributed by atoms with van der Waals surface area (Å²) in [7, 11) is 0. The molecule has 2 N–H and O–H groups in total. The maximum Gasteiger partial charge on any atom is 0.140 e. The molecule has 0 fully saturated rings. The Labute approximate surface area is 117 Å². The molecule has 0 amide bonds. The van der Waals surface area contributed by atoms with Crippen molar-refractivity contribution in [2.75, 3.05) is 6.26 Å². The standard InChI is InChI=1S/C16H14O2S/c1-19-15-8-5-12(6-9-15)7-10-16(18)13-3-2-4-14(17)11-13/h2-6,8-9,11,16-18H,1H3/t16-/m0/s1. The summed E-state index contributed by atoms with van der Waals surface area (Å²) < 4.78 is 0. The first-order valence-electron chi connectivity index (χ1n) is 5.81. The number of hydrogen-bond acceptors (Lipinski definition) is 3. The molecular formula is C16H14O2S. The number of aromatic hydroxyl groups is 1. The van der Waals surface area contributed by atoms with Crippen molar-refractivity contribution in [3.8, 4) is 17.6 Å². The number of phenols is 1. The third-order valence-electron chi connectivity index (χ3n) is 2.63. The lowest BCUT2D eigenvalue weighted by molar-refractivity contribution is 0.238. The Kier molecular flexibility index (Phi) is 4.51. The van der Waals surface area contributed by atoms with Crippen molar-refractivity contribution < 1.29 is 10.2 Å². The SMILES string of the molecule is CSc1ccc(C#C[C@H](O)c2cccc(O)c2)cc1. The highest BCUT2D eigenvalue weighted by atomic mass is 32.2. The van der Waals surface area contributed by atoms with Crippen LogP contribution in [-0.4, -0.2) is 16.5 Å². The minimum absolute atomic E-state index is 0.127. The van der Waals surface area contributed by atoms with E-state index in [9.17, 15) is 10.2 Å². The largest absolute Gasteiger partial charge is 0.508 e. The van der Waals surface area contributed by atoms with Crippen molar-refractivity contribution in [3.05, 3.63) is 59.7 Å².